The van der Waals surface area contributed by atoms with Gasteiger partial charge in [0.05, 0.1) is 6.10 Å². The molecule has 584 valence electrons. The Morgan fingerprint density at radius 1 is 0.587 bits per heavy atom. The third kappa shape index (κ3) is 25.7. The summed E-state index contributed by atoms with van der Waals surface area (Å²) in [7, 11) is 0. The van der Waals surface area contributed by atoms with Crippen molar-refractivity contribution in [3.63, 3.8) is 0 Å². The predicted molar refractivity (Wildman–Crippen MR) is 393 cm³/mol. The van der Waals surface area contributed by atoms with Gasteiger partial charge in [-0.05, 0) is 105 Å². The van der Waals surface area contributed by atoms with Crippen molar-refractivity contribution in [2.75, 3.05) is 19.6 Å². The van der Waals surface area contributed by atoms with Gasteiger partial charge in [0.25, 0.3) is 17.7 Å². The number of rotatable bonds is 33. The number of hydrogen-bond donors (Lipinski definition) is 14. The molecular formula is C74H123N15O15. The SMILES string of the molecule is C/C=C1\NC(=O)[C@H](Cc2ccccc2)NC(=O)[C@@H](C(C)C)NC(=O)[C@@H]([C@@H](C)CC)NC(=O)[C@@H](CN)N(C(=O)[C@H](NC(=O)[C@H](CCCN)NC(=O)[C@H]2CCCN2C(=O)[C@H](NC(=O)[C@@H](NC(=O)[C@@H](NC(=O)[C@H](NC(=O)CC[C@@H](C)CC)C(C)C)[C@@H](C)O)C(C)C)C(C)C)[C@@H](C)CC)C(=O)[C@H](C(C)C)NC1=O. The van der Waals surface area contributed by atoms with Gasteiger partial charge in [0.1, 0.15) is 78.2 Å². The maximum Gasteiger partial charge on any atom is 0.268 e. The number of benzene rings is 1. The van der Waals surface area contributed by atoms with Crippen LogP contribution in [-0.4, -0.2) is 196 Å². The van der Waals surface area contributed by atoms with E-state index >= 15 is 19.2 Å². The topological polar surface area (TPSA) is 450 Å². The molecule has 30 nitrogen and oxygen atoms in total. The summed E-state index contributed by atoms with van der Waals surface area (Å²) in [6.07, 6.45) is 2.32. The molecule has 30 heteroatoms. The first-order chi connectivity index (χ1) is 48.8. The minimum Gasteiger partial charge on any atom is -0.391 e. The lowest BCUT2D eigenvalue weighted by Crippen LogP contribution is -2.67. The average Bonchev–Trinajstić information content (AvgIpc) is 1.41. The molecular weight excluding hydrogens is 1340 g/mol. The fourth-order valence-electron chi connectivity index (χ4n) is 12.1. The van der Waals surface area contributed by atoms with Gasteiger partial charge in [0, 0.05) is 25.9 Å². The van der Waals surface area contributed by atoms with Gasteiger partial charge in [-0.3, -0.25) is 72.0 Å². The highest BCUT2D eigenvalue weighted by molar-refractivity contribution is 6.09. The number of imide groups is 1. The lowest BCUT2D eigenvalue weighted by Gasteiger charge is -2.38. The second-order valence-corrected chi connectivity index (χ2v) is 29.6. The van der Waals surface area contributed by atoms with Crippen LogP contribution in [0.15, 0.2) is 42.1 Å². The Balaban J connectivity index is 2.08. The Hall–Kier alpha value is -8.38. The second kappa shape index (κ2) is 43.2. The van der Waals surface area contributed by atoms with Crippen LogP contribution in [-0.2, 0) is 73.5 Å². The molecule has 0 aromatic heterocycles. The standard InChI is InChI=1S/C74H123N15O15/c1-19-43(15)32-33-53(91)80-54(38(5)6)68(98)87-61(46(18)90)71(101)82-56(40(9)10)69(99)84-57(41(11)12)72(102)88-35-27-31-51(88)65(95)78-49(30-26-34-75)63(93)86-60(45(17)21-3)74(104)89-52(37-76)66(96)85-59(44(16)20-2)70(100)81-55(39(7)8)67(97)79-50(36-47-28-24-23-25-29-47)64(94)77-48(22-4)62(92)83-58(42(13)14)73(89)103/h22-25,28-29,38-46,49-52,54-61,90H,19-21,26-27,30-37,75-76H2,1-18H3,(H,77,94)(H,78,95)(H,79,97)(H,80,91)(H,81,100)(H,82,101)(H,83,92)(H,84,99)(H,85,96)(H,86,93)(H,87,98)/b48-22-/t43-,44-,45-,46+,49-,50-,51+,52+,54+,55+,56-,57+,58-,59+,60+,61-/m0/s1. The van der Waals surface area contributed by atoms with Gasteiger partial charge in [-0.1, -0.05) is 166 Å². The monoisotopic (exact) mass is 1460 g/mol. The summed E-state index contributed by atoms with van der Waals surface area (Å²) >= 11 is 0. The zero-order valence-electron chi connectivity index (χ0n) is 64.5. The zero-order valence-corrected chi connectivity index (χ0v) is 64.5. The minimum atomic E-state index is -1.94. The highest BCUT2D eigenvalue weighted by atomic mass is 16.3. The summed E-state index contributed by atoms with van der Waals surface area (Å²) in [5.41, 5.74) is 12.7. The van der Waals surface area contributed by atoms with Crippen molar-refractivity contribution < 1.29 is 72.2 Å². The first kappa shape index (κ1) is 89.8. The van der Waals surface area contributed by atoms with E-state index in [9.17, 15) is 53.1 Å². The first-order valence-electron chi connectivity index (χ1n) is 37.2. The molecule has 2 saturated heterocycles. The molecule has 0 saturated carbocycles. The van der Waals surface area contributed by atoms with Crippen LogP contribution in [0.2, 0.25) is 0 Å². The fraction of sp³-hybridized carbons (Fsp3) is 0.703. The molecule has 0 aliphatic carbocycles. The molecule has 2 heterocycles. The van der Waals surface area contributed by atoms with Gasteiger partial charge in [-0.25, -0.2) is 0 Å². The number of likely N-dealkylation sites (tertiary alicyclic amines) is 1. The Morgan fingerprint density at radius 3 is 1.64 bits per heavy atom. The summed E-state index contributed by atoms with van der Waals surface area (Å²) < 4.78 is 0. The molecule has 14 amide bonds. The van der Waals surface area contributed by atoms with E-state index in [-0.39, 0.29) is 69.1 Å². The number of carbonyl (C=O) groups is 14. The Bertz CT molecular complexity index is 3140. The molecule has 0 bridgehead atoms. The normalized spacial score (nSPS) is 22.2. The van der Waals surface area contributed by atoms with Crippen molar-refractivity contribution in [2.45, 2.75) is 267 Å². The zero-order chi connectivity index (χ0) is 78.7. The number of amides is 14. The number of hydrogen-bond acceptors (Lipinski definition) is 17. The van der Waals surface area contributed by atoms with E-state index in [0.717, 1.165) is 6.42 Å². The molecule has 1 aromatic carbocycles. The van der Waals surface area contributed by atoms with E-state index in [0.29, 0.717) is 29.7 Å². The quantitative estimate of drug-likeness (QED) is 0.0438. The number of carbonyl (C=O) groups excluding carboxylic acids is 14. The fourth-order valence-corrected chi connectivity index (χ4v) is 12.1. The van der Waals surface area contributed by atoms with Crippen molar-refractivity contribution in [1.29, 1.82) is 0 Å². The van der Waals surface area contributed by atoms with Gasteiger partial charge in [0.2, 0.25) is 65.0 Å². The van der Waals surface area contributed by atoms with E-state index in [2.05, 4.69) is 58.5 Å². The van der Waals surface area contributed by atoms with Crippen molar-refractivity contribution in [1.82, 2.24) is 68.3 Å². The number of nitrogens with one attached hydrogen (secondary N) is 11. The van der Waals surface area contributed by atoms with Crippen LogP contribution in [0.4, 0.5) is 0 Å². The predicted octanol–water partition coefficient (Wildman–Crippen LogP) is 1.10. The molecule has 104 heavy (non-hydrogen) atoms. The maximum absolute atomic E-state index is 15.8. The van der Waals surface area contributed by atoms with E-state index in [1.807, 2.05) is 13.8 Å². The van der Waals surface area contributed by atoms with Gasteiger partial charge in [-0.15, -0.1) is 0 Å². The summed E-state index contributed by atoms with van der Waals surface area (Å²) in [4.78, 5) is 206. The van der Waals surface area contributed by atoms with Crippen LogP contribution >= 0.6 is 0 Å². The maximum atomic E-state index is 15.8. The molecule has 1 aromatic rings. The second-order valence-electron chi connectivity index (χ2n) is 29.6. The van der Waals surface area contributed by atoms with Gasteiger partial charge in [-0.2, -0.15) is 0 Å². The van der Waals surface area contributed by atoms with E-state index < -0.39 is 203 Å². The Kier molecular flexibility index (Phi) is 37.3. The minimum absolute atomic E-state index is 0.0338. The average molecular weight is 1460 g/mol. The Labute approximate surface area is 614 Å². The van der Waals surface area contributed by atoms with E-state index in [1.165, 1.54) is 24.8 Å². The van der Waals surface area contributed by atoms with Gasteiger partial charge < -0.3 is 80.0 Å². The van der Waals surface area contributed by atoms with E-state index in [4.69, 9.17) is 11.5 Å². The molecule has 16 atom stereocenters. The number of nitrogens with two attached hydrogens (primary N) is 2. The third-order valence-corrected chi connectivity index (χ3v) is 19.6. The van der Waals surface area contributed by atoms with Gasteiger partial charge in [0.15, 0.2) is 0 Å². The molecule has 2 aliphatic rings. The van der Waals surface area contributed by atoms with Crippen molar-refractivity contribution >= 4 is 82.7 Å². The molecule has 3 rings (SSSR count). The number of allylic oxidation sites excluding steroid dienone is 1. The third-order valence-electron chi connectivity index (χ3n) is 19.6. The summed E-state index contributed by atoms with van der Waals surface area (Å²) in [5.74, 6) is -16.3. The van der Waals surface area contributed by atoms with Crippen LogP contribution in [0.3, 0.4) is 0 Å². The molecule has 0 spiro atoms. The largest absolute Gasteiger partial charge is 0.391 e. The molecule has 0 unspecified atom stereocenters. The lowest BCUT2D eigenvalue weighted by atomic mass is 9.94. The van der Waals surface area contributed by atoms with Crippen molar-refractivity contribution in [3.05, 3.63) is 47.7 Å². The number of nitrogens with zero attached hydrogens (tertiary/aromatic N) is 2. The number of aliphatic hydroxyl groups excluding tert-OH is 1. The highest BCUT2D eigenvalue weighted by Gasteiger charge is 2.47. The van der Waals surface area contributed by atoms with Crippen LogP contribution < -0.4 is 70.0 Å². The van der Waals surface area contributed by atoms with Crippen molar-refractivity contribution in [3.8, 4) is 0 Å². The molecule has 16 N–H and O–H groups in total. The highest BCUT2D eigenvalue weighted by Crippen LogP contribution is 2.24. The molecule has 2 fully saturated rings. The number of aliphatic hydroxyl groups is 1. The summed E-state index contributed by atoms with van der Waals surface area (Å²) in [6.45, 7) is 29.3. The van der Waals surface area contributed by atoms with Gasteiger partial charge >= 0.3 is 0 Å². The van der Waals surface area contributed by atoms with Crippen molar-refractivity contribution in [2.24, 2.45) is 58.8 Å². The van der Waals surface area contributed by atoms with Crippen LogP contribution in [0, 0.1) is 47.3 Å². The Morgan fingerprint density at radius 2 is 1.12 bits per heavy atom. The molecule has 0 radical (unpaired) electrons. The summed E-state index contributed by atoms with van der Waals surface area (Å²) in [6, 6.07) is -8.51. The smallest absolute Gasteiger partial charge is 0.268 e. The first-order valence-corrected chi connectivity index (χ1v) is 37.2. The van der Waals surface area contributed by atoms with E-state index in [1.54, 1.807) is 127 Å². The van der Waals surface area contributed by atoms with Crippen LogP contribution in [0.1, 0.15) is 188 Å². The lowest BCUT2D eigenvalue weighted by molar-refractivity contribution is -0.157. The molecule has 2 aliphatic heterocycles. The van der Waals surface area contributed by atoms with Crippen LogP contribution in [0.25, 0.3) is 0 Å². The summed E-state index contributed by atoms with van der Waals surface area (Å²) in [5, 5.41) is 40.5. The van der Waals surface area contributed by atoms with Crippen LogP contribution in [0.5, 0.6) is 0 Å².